The van der Waals surface area contributed by atoms with Crippen LogP contribution in [0.4, 0.5) is 0 Å². The molecule has 0 aliphatic heterocycles. The van der Waals surface area contributed by atoms with Crippen molar-refractivity contribution in [3.05, 3.63) is 29.8 Å². The molecule has 1 fully saturated rings. The first kappa shape index (κ1) is 11.6. The number of benzene rings is 1. The number of aryl methyl sites for hydroxylation is 1. The van der Waals surface area contributed by atoms with Crippen LogP contribution in [-0.2, 0) is 16.5 Å². The molecular weight excluding hydrogens is 224 g/mol. The van der Waals surface area contributed by atoms with Crippen LogP contribution in [0, 0.1) is 5.92 Å². The van der Waals surface area contributed by atoms with Crippen molar-refractivity contribution in [2.45, 2.75) is 37.0 Å². The highest BCUT2D eigenvalue weighted by Gasteiger charge is 2.16. The molecule has 1 aromatic rings. The van der Waals surface area contributed by atoms with E-state index >= 15 is 0 Å². The molecule has 88 valence electrons. The molecule has 0 spiro atoms. The van der Waals surface area contributed by atoms with Crippen LogP contribution in [0.3, 0.4) is 0 Å². The Labute approximate surface area is 96.2 Å². The molecule has 0 amide bonds. The predicted molar refractivity (Wildman–Crippen MR) is 61.9 cm³/mol. The van der Waals surface area contributed by atoms with Crippen LogP contribution < -0.4 is 0 Å². The van der Waals surface area contributed by atoms with Gasteiger partial charge in [0.2, 0.25) is 0 Å². The van der Waals surface area contributed by atoms with E-state index in [9.17, 15) is 8.42 Å². The molecule has 1 N–H and O–H groups in total. The van der Waals surface area contributed by atoms with Gasteiger partial charge in [-0.3, -0.25) is 4.55 Å². The summed E-state index contributed by atoms with van der Waals surface area (Å²) < 4.78 is 30.5. The molecule has 1 aliphatic carbocycles. The Balaban J connectivity index is 1.96. The van der Waals surface area contributed by atoms with Gasteiger partial charge in [-0.1, -0.05) is 31.4 Å². The minimum Gasteiger partial charge on any atom is -0.282 e. The van der Waals surface area contributed by atoms with Crippen LogP contribution in [0.15, 0.2) is 29.2 Å². The first-order valence-electron chi connectivity index (χ1n) is 5.62. The third kappa shape index (κ3) is 2.83. The highest BCUT2D eigenvalue weighted by atomic mass is 32.2. The van der Waals surface area contributed by atoms with Gasteiger partial charge in [-0.15, -0.1) is 0 Å². The fraction of sp³-hybridized carbons (Fsp3) is 0.500. The Morgan fingerprint density at radius 1 is 1.19 bits per heavy atom. The fourth-order valence-electron chi connectivity index (χ4n) is 1.98. The summed E-state index contributed by atoms with van der Waals surface area (Å²) in [5, 5.41) is 0. The SMILES string of the molecule is O=S(=O)(O)c1ccc(CCC2CCC2)cc1. The molecule has 1 saturated carbocycles. The smallest absolute Gasteiger partial charge is 0.282 e. The quantitative estimate of drug-likeness (QED) is 0.823. The van der Waals surface area contributed by atoms with E-state index < -0.39 is 10.1 Å². The van der Waals surface area contributed by atoms with Crippen LogP contribution in [0.5, 0.6) is 0 Å². The van der Waals surface area contributed by atoms with Crippen LogP contribution in [0.1, 0.15) is 31.2 Å². The van der Waals surface area contributed by atoms with E-state index in [1.54, 1.807) is 12.1 Å². The Morgan fingerprint density at radius 3 is 2.25 bits per heavy atom. The average molecular weight is 240 g/mol. The van der Waals surface area contributed by atoms with Gasteiger partial charge >= 0.3 is 0 Å². The molecule has 0 bridgehead atoms. The first-order valence-corrected chi connectivity index (χ1v) is 7.06. The van der Waals surface area contributed by atoms with Crippen molar-refractivity contribution in [2.75, 3.05) is 0 Å². The Kier molecular flexibility index (Phi) is 3.30. The summed E-state index contributed by atoms with van der Waals surface area (Å²) in [5.74, 6) is 0.862. The number of hydrogen-bond acceptors (Lipinski definition) is 2. The summed E-state index contributed by atoms with van der Waals surface area (Å²) in [7, 11) is -4.04. The van der Waals surface area contributed by atoms with Gasteiger partial charge in [0, 0.05) is 0 Å². The van der Waals surface area contributed by atoms with Gasteiger partial charge in [0.25, 0.3) is 10.1 Å². The fourth-order valence-corrected chi connectivity index (χ4v) is 2.46. The molecule has 2 rings (SSSR count). The lowest BCUT2D eigenvalue weighted by molar-refractivity contribution is 0.296. The second-order valence-electron chi connectivity index (χ2n) is 4.45. The van der Waals surface area contributed by atoms with E-state index in [2.05, 4.69) is 0 Å². The lowest BCUT2D eigenvalue weighted by Gasteiger charge is -2.25. The van der Waals surface area contributed by atoms with E-state index in [0.717, 1.165) is 17.9 Å². The maximum Gasteiger partial charge on any atom is 0.294 e. The lowest BCUT2D eigenvalue weighted by atomic mass is 9.81. The Bertz CT molecular complexity index is 444. The van der Waals surface area contributed by atoms with Crippen LogP contribution in [0.25, 0.3) is 0 Å². The largest absolute Gasteiger partial charge is 0.294 e. The minimum atomic E-state index is -4.04. The normalized spacial score (nSPS) is 17.1. The van der Waals surface area contributed by atoms with Gasteiger partial charge in [0.05, 0.1) is 4.90 Å². The Hall–Kier alpha value is -0.870. The van der Waals surface area contributed by atoms with Crippen molar-refractivity contribution in [2.24, 2.45) is 5.92 Å². The van der Waals surface area contributed by atoms with Crippen molar-refractivity contribution < 1.29 is 13.0 Å². The number of hydrogen-bond donors (Lipinski definition) is 1. The molecule has 1 aliphatic rings. The average Bonchev–Trinajstić information content (AvgIpc) is 2.15. The van der Waals surface area contributed by atoms with Crippen LogP contribution >= 0.6 is 0 Å². The van der Waals surface area contributed by atoms with E-state index in [-0.39, 0.29) is 4.90 Å². The molecule has 0 radical (unpaired) electrons. The first-order chi connectivity index (χ1) is 7.55. The molecule has 0 heterocycles. The van der Waals surface area contributed by atoms with Gasteiger partial charge in [-0.05, 0) is 36.5 Å². The third-order valence-corrected chi connectivity index (χ3v) is 4.16. The van der Waals surface area contributed by atoms with Crippen molar-refractivity contribution >= 4 is 10.1 Å². The molecule has 1 aromatic carbocycles. The summed E-state index contributed by atoms with van der Waals surface area (Å²) in [4.78, 5) is -0.0279. The van der Waals surface area contributed by atoms with Crippen LogP contribution in [0.2, 0.25) is 0 Å². The van der Waals surface area contributed by atoms with Crippen molar-refractivity contribution in [1.82, 2.24) is 0 Å². The summed E-state index contributed by atoms with van der Waals surface area (Å²) in [6, 6.07) is 6.49. The molecule has 0 aromatic heterocycles. The second-order valence-corrected chi connectivity index (χ2v) is 5.88. The molecule has 0 unspecified atom stereocenters. The number of rotatable bonds is 4. The highest BCUT2D eigenvalue weighted by molar-refractivity contribution is 7.85. The molecular formula is C12H16O3S. The zero-order valence-corrected chi connectivity index (χ0v) is 9.91. The molecule has 0 atom stereocenters. The van der Waals surface area contributed by atoms with Crippen LogP contribution in [-0.4, -0.2) is 13.0 Å². The summed E-state index contributed by atoms with van der Waals surface area (Å²) in [6.07, 6.45) is 6.21. The van der Waals surface area contributed by atoms with Crippen molar-refractivity contribution in [1.29, 1.82) is 0 Å². The molecule has 16 heavy (non-hydrogen) atoms. The predicted octanol–water partition coefficient (Wildman–Crippen LogP) is 2.67. The maximum atomic E-state index is 10.8. The van der Waals surface area contributed by atoms with Gasteiger partial charge in [-0.25, -0.2) is 0 Å². The lowest BCUT2D eigenvalue weighted by Crippen LogP contribution is -2.11. The van der Waals surface area contributed by atoms with Gasteiger partial charge in [-0.2, -0.15) is 8.42 Å². The molecule has 4 heteroatoms. The maximum absolute atomic E-state index is 10.8. The highest BCUT2D eigenvalue weighted by Crippen LogP contribution is 2.30. The minimum absolute atomic E-state index is 0.0279. The molecule has 3 nitrogen and oxygen atoms in total. The van der Waals surface area contributed by atoms with Crippen molar-refractivity contribution in [3.63, 3.8) is 0 Å². The topological polar surface area (TPSA) is 54.4 Å². The zero-order chi connectivity index (χ0) is 11.6. The third-order valence-electron chi connectivity index (χ3n) is 3.29. The zero-order valence-electron chi connectivity index (χ0n) is 9.09. The summed E-state index contributed by atoms with van der Waals surface area (Å²) in [6.45, 7) is 0. The Morgan fingerprint density at radius 2 is 1.81 bits per heavy atom. The van der Waals surface area contributed by atoms with E-state index in [4.69, 9.17) is 4.55 Å². The van der Waals surface area contributed by atoms with E-state index in [1.807, 2.05) is 0 Å². The summed E-state index contributed by atoms with van der Waals surface area (Å²) >= 11 is 0. The van der Waals surface area contributed by atoms with E-state index in [0.29, 0.717) is 0 Å². The molecule has 0 saturated heterocycles. The standard InChI is InChI=1S/C12H16O3S/c13-16(14,15)12-8-6-11(7-9-12)5-4-10-2-1-3-10/h6-10H,1-5H2,(H,13,14,15). The monoisotopic (exact) mass is 240 g/mol. The second kappa shape index (κ2) is 4.55. The van der Waals surface area contributed by atoms with Gasteiger partial charge < -0.3 is 0 Å². The van der Waals surface area contributed by atoms with E-state index in [1.165, 1.54) is 37.8 Å². The van der Waals surface area contributed by atoms with Gasteiger partial charge in [0.15, 0.2) is 0 Å². The van der Waals surface area contributed by atoms with Crippen molar-refractivity contribution in [3.8, 4) is 0 Å². The summed E-state index contributed by atoms with van der Waals surface area (Å²) in [5.41, 5.74) is 1.14. The van der Waals surface area contributed by atoms with Gasteiger partial charge in [0.1, 0.15) is 0 Å².